The van der Waals surface area contributed by atoms with Gasteiger partial charge in [0.2, 0.25) is 0 Å². The van der Waals surface area contributed by atoms with Gasteiger partial charge in [0.1, 0.15) is 5.60 Å². The minimum absolute atomic E-state index is 0.432. The van der Waals surface area contributed by atoms with Gasteiger partial charge in [0.15, 0.2) is 0 Å². The number of carbonyl (C=O) groups is 1. The summed E-state index contributed by atoms with van der Waals surface area (Å²) >= 11 is 0. The summed E-state index contributed by atoms with van der Waals surface area (Å²) in [6.07, 6.45) is 0. The summed E-state index contributed by atoms with van der Waals surface area (Å²) in [6, 6.07) is 0. The molecule has 0 N–H and O–H groups in total. The first kappa shape index (κ1) is 9.11. The van der Waals surface area contributed by atoms with Crippen LogP contribution in [0.4, 0.5) is 4.79 Å². The van der Waals surface area contributed by atoms with Crippen LogP contribution in [0, 0.1) is 0 Å². The van der Waals surface area contributed by atoms with Gasteiger partial charge in [-0.3, -0.25) is 0 Å². The van der Waals surface area contributed by atoms with E-state index in [2.05, 4.69) is 0 Å². The average molecular weight is 169 g/mol. The van der Waals surface area contributed by atoms with Gasteiger partial charge in [-0.25, -0.2) is 4.79 Å². The fraction of sp³-hybridized carbons (Fsp3) is 0.800. The standard InChI is InChI=1S/C5H9ClO2S/c1-5(2,3)8-4(7)9-6/h1-3H3. The summed E-state index contributed by atoms with van der Waals surface area (Å²) in [6.45, 7) is 5.37. The summed E-state index contributed by atoms with van der Waals surface area (Å²) in [5.41, 5.74) is -0.432. The zero-order chi connectivity index (χ0) is 7.49. The summed E-state index contributed by atoms with van der Waals surface area (Å²) in [7, 11) is 5.66. The van der Waals surface area contributed by atoms with Crippen molar-refractivity contribution in [2.24, 2.45) is 0 Å². The fourth-order valence-corrected chi connectivity index (χ4v) is 0.642. The lowest BCUT2D eigenvalue weighted by Crippen LogP contribution is -2.20. The van der Waals surface area contributed by atoms with Gasteiger partial charge < -0.3 is 4.74 Å². The maximum atomic E-state index is 10.4. The molecule has 0 fully saturated rings. The minimum Gasteiger partial charge on any atom is -0.451 e. The number of ether oxygens (including phenoxy) is 1. The normalized spacial score (nSPS) is 11.1. The van der Waals surface area contributed by atoms with E-state index in [4.69, 9.17) is 15.4 Å². The molecule has 9 heavy (non-hydrogen) atoms. The van der Waals surface area contributed by atoms with E-state index >= 15 is 0 Å². The molecule has 0 aliphatic rings. The molecule has 0 rings (SSSR count). The highest BCUT2D eigenvalue weighted by Crippen LogP contribution is 2.16. The van der Waals surface area contributed by atoms with Crippen molar-refractivity contribution in [3.05, 3.63) is 0 Å². The van der Waals surface area contributed by atoms with Gasteiger partial charge in [0.25, 0.3) is 0 Å². The zero-order valence-corrected chi connectivity index (χ0v) is 7.18. The molecule has 0 aromatic heterocycles. The molecule has 0 saturated carbocycles. The molecule has 0 aromatic rings. The lowest BCUT2D eigenvalue weighted by Gasteiger charge is -2.17. The van der Waals surface area contributed by atoms with E-state index in [0.717, 1.165) is 0 Å². The van der Waals surface area contributed by atoms with Crippen molar-refractivity contribution in [2.75, 3.05) is 0 Å². The Labute approximate surface area is 63.4 Å². The Bertz CT molecular complexity index is 108. The van der Waals surface area contributed by atoms with Crippen molar-refractivity contribution in [3.8, 4) is 0 Å². The second-order valence-corrected chi connectivity index (χ2v) is 3.49. The van der Waals surface area contributed by atoms with E-state index in [1.807, 2.05) is 0 Å². The van der Waals surface area contributed by atoms with Crippen LogP contribution in [0.2, 0.25) is 0 Å². The van der Waals surface area contributed by atoms with Crippen molar-refractivity contribution >= 4 is 27.0 Å². The Hall–Kier alpha value is 0.110. The van der Waals surface area contributed by atoms with Crippen LogP contribution < -0.4 is 0 Å². The molecule has 0 heterocycles. The summed E-state index contributed by atoms with van der Waals surface area (Å²) in [4.78, 5) is 10.4. The van der Waals surface area contributed by atoms with Gasteiger partial charge in [0.05, 0.1) is 11.0 Å². The first-order valence-electron chi connectivity index (χ1n) is 2.47. The average Bonchev–Trinajstić information content (AvgIpc) is 1.62. The third kappa shape index (κ3) is 5.99. The van der Waals surface area contributed by atoms with Gasteiger partial charge in [-0.2, -0.15) is 0 Å². The van der Waals surface area contributed by atoms with Crippen LogP contribution in [0.15, 0.2) is 0 Å². The largest absolute Gasteiger partial charge is 0.451 e. The van der Waals surface area contributed by atoms with Gasteiger partial charge in [-0.1, -0.05) is 0 Å². The Balaban J connectivity index is 3.60. The Morgan fingerprint density at radius 1 is 1.56 bits per heavy atom. The molecule has 4 heteroatoms. The van der Waals surface area contributed by atoms with Crippen LogP contribution in [-0.4, -0.2) is 10.9 Å². The number of rotatable bonds is 0. The lowest BCUT2D eigenvalue weighted by atomic mass is 10.2. The van der Waals surface area contributed by atoms with Gasteiger partial charge in [-0.15, -0.1) is 0 Å². The molecule has 0 atom stereocenters. The molecular formula is C5H9ClO2S. The predicted molar refractivity (Wildman–Crippen MR) is 39.7 cm³/mol. The SMILES string of the molecule is CC(C)(C)OC(=O)SCl. The maximum absolute atomic E-state index is 10.4. The van der Waals surface area contributed by atoms with E-state index < -0.39 is 10.9 Å². The Kier molecular flexibility index (Phi) is 3.36. The van der Waals surface area contributed by atoms with Crippen LogP contribution in [0.5, 0.6) is 0 Å². The van der Waals surface area contributed by atoms with Gasteiger partial charge in [-0.05, 0) is 31.5 Å². The molecule has 0 saturated heterocycles. The van der Waals surface area contributed by atoms with E-state index in [1.165, 1.54) is 0 Å². The summed E-state index contributed by atoms with van der Waals surface area (Å²) in [5.74, 6) is 0. The first-order valence-corrected chi connectivity index (χ1v) is 4.11. The van der Waals surface area contributed by atoms with Crippen LogP contribution in [-0.2, 0) is 4.74 Å². The Morgan fingerprint density at radius 3 is 2.11 bits per heavy atom. The number of carbonyl (C=O) groups excluding carboxylic acids is 1. The van der Waals surface area contributed by atoms with Crippen molar-refractivity contribution < 1.29 is 9.53 Å². The molecule has 0 aliphatic carbocycles. The van der Waals surface area contributed by atoms with E-state index in [1.54, 1.807) is 20.8 Å². The monoisotopic (exact) mass is 168 g/mol. The van der Waals surface area contributed by atoms with Gasteiger partial charge >= 0.3 is 5.30 Å². The van der Waals surface area contributed by atoms with Gasteiger partial charge in [0, 0.05) is 0 Å². The molecule has 2 nitrogen and oxygen atoms in total. The molecular weight excluding hydrogens is 160 g/mol. The smallest absolute Gasteiger partial charge is 0.383 e. The molecule has 0 unspecified atom stereocenters. The third-order valence-corrected chi connectivity index (χ3v) is 1.04. The topological polar surface area (TPSA) is 26.3 Å². The highest BCUT2D eigenvalue weighted by molar-refractivity contribution is 8.32. The highest BCUT2D eigenvalue weighted by atomic mass is 35.7. The molecule has 54 valence electrons. The molecule has 0 aromatic carbocycles. The molecule has 0 radical (unpaired) electrons. The highest BCUT2D eigenvalue weighted by Gasteiger charge is 2.15. The van der Waals surface area contributed by atoms with Crippen molar-refractivity contribution in [3.63, 3.8) is 0 Å². The fourth-order valence-electron chi connectivity index (χ4n) is 0.266. The van der Waals surface area contributed by atoms with E-state index in [0.29, 0.717) is 11.0 Å². The molecule has 0 spiro atoms. The number of hydrogen-bond acceptors (Lipinski definition) is 3. The number of hydrogen-bond donors (Lipinski definition) is 0. The van der Waals surface area contributed by atoms with Crippen molar-refractivity contribution in [1.29, 1.82) is 0 Å². The minimum atomic E-state index is -0.454. The molecule has 0 amide bonds. The lowest BCUT2D eigenvalue weighted by molar-refractivity contribution is 0.0740. The summed E-state index contributed by atoms with van der Waals surface area (Å²) < 4.78 is 4.78. The Morgan fingerprint density at radius 2 is 2.00 bits per heavy atom. The van der Waals surface area contributed by atoms with E-state index in [-0.39, 0.29) is 0 Å². The maximum Gasteiger partial charge on any atom is 0.383 e. The van der Waals surface area contributed by atoms with Crippen LogP contribution in [0.3, 0.4) is 0 Å². The molecule has 0 aliphatic heterocycles. The van der Waals surface area contributed by atoms with Crippen LogP contribution in [0.1, 0.15) is 20.8 Å². The molecule has 0 bridgehead atoms. The van der Waals surface area contributed by atoms with Crippen molar-refractivity contribution in [2.45, 2.75) is 26.4 Å². The third-order valence-electron chi connectivity index (χ3n) is 0.453. The number of halogens is 1. The van der Waals surface area contributed by atoms with Crippen LogP contribution in [0.25, 0.3) is 0 Å². The van der Waals surface area contributed by atoms with E-state index in [9.17, 15) is 4.79 Å². The summed E-state index contributed by atoms with van der Waals surface area (Å²) in [5, 5.41) is -0.454. The van der Waals surface area contributed by atoms with Crippen LogP contribution >= 0.6 is 21.7 Å². The second kappa shape index (κ2) is 3.32. The zero-order valence-electron chi connectivity index (χ0n) is 5.60. The second-order valence-electron chi connectivity index (χ2n) is 2.54. The van der Waals surface area contributed by atoms with Crippen molar-refractivity contribution in [1.82, 2.24) is 0 Å². The first-order chi connectivity index (χ1) is 3.95. The quantitative estimate of drug-likeness (QED) is 0.521. The predicted octanol–water partition coefficient (Wildman–Crippen LogP) is 2.81.